The maximum Gasteiger partial charge on any atom is 0.253 e. The average Bonchev–Trinajstić information content (AvgIpc) is 3.19. The Hall–Kier alpha value is -2.68. The Kier molecular flexibility index (Phi) is 7.24. The fraction of sp³-hybridized carbons (Fsp3) is 0.348. The first-order valence-electron chi connectivity index (χ1n) is 10.5. The van der Waals surface area contributed by atoms with Crippen molar-refractivity contribution < 1.29 is 14.3 Å². The number of piperazine rings is 1. The molecule has 0 unspecified atom stereocenters. The lowest BCUT2D eigenvalue weighted by atomic mass is 10.1. The smallest absolute Gasteiger partial charge is 0.253 e. The summed E-state index contributed by atoms with van der Waals surface area (Å²) in [7, 11) is 2.06. The minimum Gasteiger partial charge on any atom is -0.494 e. The molecular weight excluding hydrogens is 448 g/mol. The Bertz CT molecular complexity index is 1090. The van der Waals surface area contributed by atoms with Crippen molar-refractivity contribution in [3.05, 3.63) is 53.1 Å². The lowest BCUT2D eigenvalue weighted by Crippen LogP contribution is -2.47. The highest BCUT2D eigenvalue weighted by Gasteiger charge is 2.21. The number of likely N-dealkylation sites (N-methyl/N-ethyl adjacent to an activating group) is 1. The molecular formula is C23H25ClN4O3S. The quantitative estimate of drug-likeness (QED) is 0.523. The van der Waals surface area contributed by atoms with Gasteiger partial charge in [-0.25, -0.2) is 4.98 Å². The molecule has 0 radical (unpaired) electrons. The van der Waals surface area contributed by atoms with Gasteiger partial charge in [-0.05, 0) is 55.9 Å². The zero-order valence-electron chi connectivity index (χ0n) is 17.8. The molecule has 0 atom stereocenters. The van der Waals surface area contributed by atoms with Crippen molar-refractivity contribution in [3.8, 4) is 5.75 Å². The van der Waals surface area contributed by atoms with Crippen LogP contribution in [0.15, 0.2) is 42.5 Å². The number of halogens is 1. The monoisotopic (exact) mass is 472 g/mol. The number of carbonyl (C=O) groups is 2. The molecule has 7 nitrogen and oxygen atoms in total. The predicted molar refractivity (Wildman–Crippen MR) is 128 cm³/mol. The van der Waals surface area contributed by atoms with E-state index < -0.39 is 0 Å². The maximum absolute atomic E-state index is 12.8. The molecule has 0 aliphatic carbocycles. The number of aromatic nitrogens is 1. The van der Waals surface area contributed by atoms with Gasteiger partial charge in [-0.15, -0.1) is 0 Å². The molecule has 0 bridgehead atoms. The number of amides is 2. The van der Waals surface area contributed by atoms with Gasteiger partial charge in [0.2, 0.25) is 5.91 Å². The molecule has 0 saturated carbocycles. The number of ether oxygens (including phenoxy) is 1. The topological polar surface area (TPSA) is 74.8 Å². The standard InChI is InChI=1S/C23H25ClN4O3S/c1-27-10-12-28(13-11-27)22(30)16-4-9-19-20(15-16)32-23(25-19)26-21(29)3-2-14-31-18-7-5-17(24)6-8-18/h4-9,15H,2-3,10-14H2,1H3,(H,25,26,29). The molecule has 1 aromatic heterocycles. The van der Waals surface area contributed by atoms with Crippen molar-refractivity contribution in [2.24, 2.45) is 0 Å². The Balaban J connectivity index is 1.29. The first-order valence-corrected chi connectivity index (χ1v) is 11.7. The number of fused-ring (bicyclic) bond motifs is 1. The number of nitrogens with zero attached hydrogens (tertiary/aromatic N) is 3. The summed E-state index contributed by atoms with van der Waals surface area (Å²) >= 11 is 7.23. The molecule has 9 heteroatoms. The molecule has 32 heavy (non-hydrogen) atoms. The van der Waals surface area contributed by atoms with Gasteiger partial charge in [0.1, 0.15) is 5.75 Å². The van der Waals surface area contributed by atoms with Crippen molar-refractivity contribution in [2.75, 3.05) is 45.2 Å². The van der Waals surface area contributed by atoms with Gasteiger partial charge in [0.15, 0.2) is 5.13 Å². The van der Waals surface area contributed by atoms with E-state index in [0.29, 0.717) is 35.2 Å². The van der Waals surface area contributed by atoms with E-state index in [9.17, 15) is 9.59 Å². The van der Waals surface area contributed by atoms with E-state index in [1.807, 2.05) is 23.1 Å². The van der Waals surface area contributed by atoms with E-state index in [1.165, 1.54) is 11.3 Å². The third-order valence-electron chi connectivity index (χ3n) is 5.30. The van der Waals surface area contributed by atoms with Crippen molar-refractivity contribution >= 4 is 50.1 Å². The van der Waals surface area contributed by atoms with Crippen molar-refractivity contribution in [2.45, 2.75) is 12.8 Å². The second-order valence-corrected chi connectivity index (χ2v) is 9.22. The molecule has 4 rings (SSSR count). The first-order chi connectivity index (χ1) is 15.5. The van der Waals surface area contributed by atoms with Crippen LogP contribution >= 0.6 is 22.9 Å². The second kappa shape index (κ2) is 10.3. The highest BCUT2D eigenvalue weighted by molar-refractivity contribution is 7.22. The summed E-state index contributed by atoms with van der Waals surface area (Å²) in [5.41, 5.74) is 1.43. The summed E-state index contributed by atoms with van der Waals surface area (Å²) < 4.78 is 6.49. The molecule has 1 N–H and O–H groups in total. The summed E-state index contributed by atoms with van der Waals surface area (Å²) in [5.74, 6) is 0.653. The number of nitrogens with one attached hydrogen (secondary N) is 1. The maximum atomic E-state index is 12.8. The fourth-order valence-corrected chi connectivity index (χ4v) is 4.49. The number of carbonyl (C=O) groups excluding carboxylic acids is 2. The van der Waals surface area contributed by atoms with Gasteiger partial charge in [0.05, 0.1) is 16.8 Å². The summed E-state index contributed by atoms with van der Waals surface area (Å²) in [6, 6.07) is 12.6. The molecule has 1 saturated heterocycles. The Morgan fingerprint density at radius 2 is 1.88 bits per heavy atom. The molecule has 2 aromatic carbocycles. The third-order valence-corrected chi connectivity index (χ3v) is 6.49. The molecule has 1 aliphatic heterocycles. The summed E-state index contributed by atoms with van der Waals surface area (Å²) in [6.07, 6.45) is 0.916. The van der Waals surface area contributed by atoms with Gasteiger partial charge in [-0.2, -0.15) is 0 Å². The highest BCUT2D eigenvalue weighted by atomic mass is 35.5. The molecule has 0 spiro atoms. The van der Waals surface area contributed by atoms with Crippen LogP contribution in [0.25, 0.3) is 10.2 Å². The van der Waals surface area contributed by atoms with Crippen LogP contribution in [-0.2, 0) is 4.79 Å². The van der Waals surface area contributed by atoms with Crippen LogP contribution < -0.4 is 10.1 Å². The van der Waals surface area contributed by atoms with Crippen LogP contribution in [-0.4, -0.2) is 66.4 Å². The van der Waals surface area contributed by atoms with E-state index in [2.05, 4.69) is 22.2 Å². The Morgan fingerprint density at radius 3 is 2.62 bits per heavy atom. The van der Waals surface area contributed by atoms with Crippen LogP contribution in [0.5, 0.6) is 5.75 Å². The number of anilines is 1. The molecule has 3 aromatic rings. The second-order valence-electron chi connectivity index (χ2n) is 7.75. The SMILES string of the molecule is CN1CCN(C(=O)c2ccc3nc(NC(=O)CCCOc4ccc(Cl)cc4)sc3c2)CC1. The molecule has 1 aliphatic rings. The number of rotatable bonds is 7. The minimum absolute atomic E-state index is 0.0414. The third kappa shape index (κ3) is 5.76. The summed E-state index contributed by atoms with van der Waals surface area (Å²) in [6.45, 7) is 3.68. The molecule has 2 heterocycles. The normalized spacial score (nSPS) is 14.5. The van der Waals surface area contributed by atoms with Gasteiger partial charge in [-0.3, -0.25) is 9.59 Å². The Labute approximate surface area is 195 Å². The number of benzene rings is 2. The molecule has 168 valence electrons. The van der Waals surface area contributed by atoms with E-state index in [1.54, 1.807) is 24.3 Å². The largest absolute Gasteiger partial charge is 0.494 e. The zero-order chi connectivity index (χ0) is 22.5. The van der Waals surface area contributed by atoms with Gasteiger partial charge in [0.25, 0.3) is 5.91 Å². The lowest BCUT2D eigenvalue weighted by molar-refractivity contribution is -0.116. The van der Waals surface area contributed by atoms with Crippen molar-refractivity contribution in [3.63, 3.8) is 0 Å². The van der Waals surface area contributed by atoms with Crippen LogP contribution in [0.3, 0.4) is 0 Å². The molecule has 1 fully saturated rings. The Morgan fingerprint density at radius 1 is 1.12 bits per heavy atom. The van der Waals surface area contributed by atoms with E-state index in [-0.39, 0.29) is 11.8 Å². The zero-order valence-corrected chi connectivity index (χ0v) is 19.4. The first kappa shape index (κ1) is 22.5. The average molecular weight is 473 g/mol. The van der Waals surface area contributed by atoms with Crippen LogP contribution in [0.1, 0.15) is 23.2 Å². The van der Waals surface area contributed by atoms with E-state index >= 15 is 0 Å². The summed E-state index contributed by atoms with van der Waals surface area (Å²) in [4.78, 5) is 33.6. The van der Waals surface area contributed by atoms with Gasteiger partial charge >= 0.3 is 0 Å². The number of thiazole rings is 1. The highest BCUT2D eigenvalue weighted by Crippen LogP contribution is 2.27. The fourth-order valence-electron chi connectivity index (χ4n) is 3.44. The van der Waals surface area contributed by atoms with Gasteiger partial charge in [0, 0.05) is 43.2 Å². The van der Waals surface area contributed by atoms with Crippen LogP contribution in [0.4, 0.5) is 5.13 Å². The van der Waals surface area contributed by atoms with Crippen LogP contribution in [0.2, 0.25) is 5.02 Å². The van der Waals surface area contributed by atoms with Crippen molar-refractivity contribution in [1.82, 2.24) is 14.8 Å². The van der Waals surface area contributed by atoms with E-state index in [0.717, 1.165) is 42.1 Å². The van der Waals surface area contributed by atoms with Gasteiger partial charge < -0.3 is 19.9 Å². The predicted octanol–water partition coefficient (Wildman–Crippen LogP) is 4.14. The van der Waals surface area contributed by atoms with Crippen molar-refractivity contribution in [1.29, 1.82) is 0 Å². The van der Waals surface area contributed by atoms with E-state index in [4.69, 9.17) is 16.3 Å². The van der Waals surface area contributed by atoms with Gasteiger partial charge in [-0.1, -0.05) is 22.9 Å². The number of hydrogen-bond acceptors (Lipinski definition) is 6. The van der Waals surface area contributed by atoms with Crippen LogP contribution in [0, 0.1) is 0 Å². The number of hydrogen-bond donors (Lipinski definition) is 1. The minimum atomic E-state index is -0.113. The summed E-state index contributed by atoms with van der Waals surface area (Å²) in [5, 5.41) is 4.04. The lowest BCUT2D eigenvalue weighted by Gasteiger charge is -2.32. The molecule has 2 amide bonds.